The van der Waals surface area contributed by atoms with Crippen molar-refractivity contribution in [1.29, 1.82) is 0 Å². The zero-order valence-corrected chi connectivity index (χ0v) is 12.0. The third kappa shape index (κ3) is 6.51. The lowest BCUT2D eigenvalue weighted by Crippen LogP contribution is -2.32. The Morgan fingerprint density at radius 1 is 1.53 bits per heavy atom. The molecule has 104 valence electrons. The van der Waals surface area contributed by atoms with Crippen LogP contribution in [0.2, 0.25) is 0 Å². The summed E-state index contributed by atoms with van der Waals surface area (Å²) in [5.74, 6) is 5.80. The van der Waals surface area contributed by atoms with Crippen molar-refractivity contribution in [2.24, 2.45) is 0 Å². The van der Waals surface area contributed by atoms with Crippen LogP contribution in [0.25, 0.3) is 0 Å². The van der Waals surface area contributed by atoms with Crippen molar-refractivity contribution in [3.63, 3.8) is 0 Å². The number of rotatable bonds is 3. The van der Waals surface area contributed by atoms with E-state index >= 15 is 0 Å². The Bertz CT molecular complexity index is 475. The number of carbonyl (C=O) groups excluding carboxylic acids is 1. The summed E-state index contributed by atoms with van der Waals surface area (Å²) >= 11 is 0. The summed E-state index contributed by atoms with van der Waals surface area (Å²) in [6, 6.07) is 0. The van der Waals surface area contributed by atoms with Crippen molar-refractivity contribution in [3.05, 3.63) is 18.0 Å². The van der Waals surface area contributed by atoms with Gasteiger partial charge >= 0.3 is 6.09 Å². The molecule has 0 bridgehead atoms. The van der Waals surface area contributed by atoms with Crippen molar-refractivity contribution in [1.82, 2.24) is 15.1 Å². The fourth-order valence-electron chi connectivity index (χ4n) is 1.36. The van der Waals surface area contributed by atoms with Crippen LogP contribution in [0.1, 0.15) is 39.7 Å². The van der Waals surface area contributed by atoms with Gasteiger partial charge in [-0.05, 0) is 27.2 Å². The Hall–Kier alpha value is -1.96. The van der Waals surface area contributed by atoms with E-state index in [2.05, 4.69) is 29.2 Å². The van der Waals surface area contributed by atoms with Crippen LogP contribution in [0.15, 0.2) is 12.4 Å². The number of nitrogens with one attached hydrogen (secondary N) is 1. The summed E-state index contributed by atoms with van der Waals surface area (Å²) in [5, 5.41) is 6.75. The molecule has 0 radical (unpaired) electrons. The maximum absolute atomic E-state index is 11.3. The van der Waals surface area contributed by atoms with Crippen LogP contribution in [0, 0.1) is 11.8 Å². The topological polar surface area (TPSA) is 56.2 Å². The van der Waals surface area contributed by atoms with Crippen LogP contribution < -0.4 is 5.32 Å². The highest BCUT2D eigenvalue weighted by Crippen LogP contribution is 2.05. The first-order chi connectivity index (χ1) is 8.90. The van der Waals surface area contributed by atoms with Crippen LogP contribution in [0.4, 0.5) is 4.79 Å². The lowest BCUT2D eigenvalue weighted by Gasteiger charge is -2.18. The zero-order valence-electron chi connectivity index (χ0n) is 12.0. The molecule has 0 saturated heterocycles. The van der Waals surface area contributed by atoms with Gasteiger partial charge in [-0.1, -0.05) is 18.8 Å². The first-order valence-corrected chi connectivity index (χ1v) is 6.39. The van der Waals surface area contributed by atoms with Gasteiger partial charge in [0.1, 0.15) is 5.60 Å². The van der Waals surface area contributed by atoms with Crippen LogP contribution >= 0.6 is 0 Å². The molecule has 5 heteroatoms. The van der Waals surface area contributed by atoms with Crippen molar-refractivity contribution >= 4 is 6.09 Å². The number of nitrogens with zero attached hydrogens (tertiary/aromatic N) is 2. The third-order valence-electron chi connectivity index (χ3n) is 2.04. The fraction of sp³-hybridized carbons (Fsp3) is 0.571. The standard InChI is InChI=1S/C14H21N3O2/c1-5-9-17-11-12(10-16-17)7-6-8-15-13(18)19-14(2,3)4/h10-11H,5,8-9H2,1-4H3,(H,15,18). The van der Waals surface area contributed by atoms with Crippen LogP contribution in [-0.2, 0) is 11.3 Å². The second-order valence-corrected chi connectivity index (χ2v) is 5.15. The average molecular weight is 263 g/mol. The lowest BCUT2D eigenvalue weighted by molar-refractivity contribution is 0.0535. The summed E-state index contributed by atoms with van der Waals surface area (Å²) < 4.78 is 6.94. The molecular formula is C14H21N3O2. The molecule has 1 amide bonds. The largest absolute Gasteiger partial charge is 0.444 e. The Morgan fingerprint density at radius 2 is 2.26 bits per heavy atom. The van der Waals surface area contributed by atoms with Gasteiger partial charge in [0.2, 0.25) is 0 Å². The molecule has 0 aliphatic rings. The number of amides is 1. The molecule has 0 spiro atoms. The summed E-state index contributed by atoms with van der Waals surface area (Å²) in [6.07, 6.45) is 4.19. The smallest absolute Gasteiger partial charge is 0.408 e. The normalized spacial score (nSPS) is 10.5. The van der Waals surface area contributed by atoms with E-state index in [1.54, 1.807) is 6.20 Å². The molecule has 0 saturated carbocycles. The molecule has 0 unspecified atom stereocenters. The minimum absolute atomic E-state index is 0.258. The maximum Gasteiger partial charge on any atom is 0.408 e. The highest BCUT2D eigenvalue weighted by Gasteiger charge is 2.14. The van der Waals surface area contributed by atoms with Gasteiger partial charge in [-0.15, -0.1) is 0 Å². The summed E-state index contributed by atoms with van der Waals surface area (Å²) in [5.41, 5.74) is 0.359. The molecule has 0 fully saturated rings. The summed E-state index contributed by atoms with van der Waals surface area (Å²) in [7, 11) is 0. The maximum atomic E-state index is 11.3. The molecule has 0 aromatic carbocycles. The van der Waals surface area contributed by atoms with E-state index in [0.29, 0.717) is 0 Å². The monoisotopic (exact) mass is 263 g/mol. The van der Waals surface area contributed by atoms with Crippen molar-refractivity contribution in [2.45, 2.75) is 46.3 Å². The molecule has 1 aromatic rings. The van der Waals surface area contributed by atoms with E-state index in [4.69, 9.17) is 4.74 Å². The van der Waals surface area contributed by atoms with E-state index in [-0.39, 0.29) is 6.54 Å². The second kappa shape index (κ2) is 6.83. The van der Waals surface area contributed by atoms with E-state index in [1.165, 1.54) is 0 Å². The van der Waals surface area contributed by atoms with Crippen LogP contribution in [0.5, 0.6) is 0 Å². The number of aromatic nitrogens is 2. The SMILES string of the molecule is CCCn1cc(C#CCNC(=O)OC(C)(C)C)cn1. The summed E-state index contributed by atoms with van der Waals surface area (Å²) in [6.45, 7) is 8.70. The predicted molar refractivity (Wildman–Crippen MR) is 73.6 cm³/mol. The Kier molecular flexibility index (Phi) is 5.43. The minimum Gasteiger partial charge on any atom is -0.444 e. The Balaban J connectivity index is 2.36. The van der Waals surface area contributed by atoms with Crippen LogP contribution in [-0.4, -0.2) is 28.0 Å². The molecule has 0 aliphatic heterocycles. The van der Waals surface area contributed by atoms with Gasteiger partial charge in [0.05, 0.1) is 18.3 Å². The molecule has 0 atom stereocenters. The number of carbonyl (C=O) groups is 1. The molecule has 0 aliphatic carbocycles. The lowest BCUT2D eigenvalue weighted by atomic mass is 10.2. The molecule has 1 rings (SSSR count). The van der Waals surface area contributed by atoms with Gasteiger partial charge in [-0.25, -0.2) is 4.79 Å². The van der Waals surface area contributed by atoms with E-state index in [1.807, 2.05) is 31.6 Å². The van der Waals surface area contributed by atoms with Gasteiger partial charge < -0.3 is 10.1 Å². The van der Waals surface area contributed by atoms with Crippen molar-refractivity contribution in [2.75, 3.05) is 6.54 Å². The number of hydrogen-bond donors (Lipinski definition) is 1. The number of hydrogen-bond acceptors (Lipinski definition) is 3. The zero-order chi connectivity index (χ0) is 14.3. The molecule has 1 aromatic heterocycles. The number of aryl methyl sites for hydroxylation is 1. The predicted octanol–water partition coefficient (Wildman–Crippen LogP) is 2.17. The Labute approximate surface area is 114 Å². The minimum atomic E-state index is -0.487. The van der Waals surface area contributed by atoms with Crippen LogP contribution in [0.3, 0.4) is 0 Å². The van der Waals surface area contributed by atoms with E-state index < -0.39 is 11.7 Å². The van der Waals surface area contributed by atoms with E-state index in [0.717, 1.165) is 18.5 Å². The highest BCUT2D eigenvalue weighted by molar-refractivity contribution is 5.68. The fourth-order valence-corrected chi connectivity index (χ4v) is 1.36. The number of ether oxygens (including phenoxy) is 1. The molecule has 1 N–H and O–H groups in total. The molecular weight excluding hydrogens is 242 g/mol. The first kappa shape index (κ1) is 15.1. The Morgan fingerprint density at radius 3 is 2.89 bits per heavy atom. The summed E-state index contributed by atoms with van der Waals surface area (Å²) in [4.78, 5) is 11.3. The van der Waals surface area contributed by atoms with Gasteiger partial charge in [-0.2, -0.15) is 5.10 Å². The van der Waals surface area contributed by atoms with Crippen molar-refractivity contribution in [3.8, 4) is 11.8 Å². The third-order valence-corrected chi connectivity index (χ3v) is 2.04. The molecule has 1 heterocycles. The quantitative estimate of drug-likeness (QED) is 0.850. The van der Waals surface area contributed by atoms with Gasteiger partial charge in [-0.3, -0.25) is 4.68 Å². The molecule has 5 nitrogen and oxygen atoms in total. The van der Waals surface area contributed by atoms with Gasteiger partial charge in [0.15, 0.2) is 0 Å². The first-order valence-electron chi connectivity index (χ1n) is 6.39. The highest BCUT2D eigenvalue weighted by atomic mass is 16.6. The van der Waals surface area contributed by atoms with Gasteiger partial charge in [0.25, 0.3) is 0 Å². The second-order valence-electron chi connectivity index (χ2n) is 5.15. The average Bonchev–Trinajstić information content (AvgIpc) is 2.70. The van der Waals surface area contributed by atoms with Gasteiger partial charge in [0, 0.05) is 12.7 Å². The molecule has 19 heavy (non-hydrogen) atoms. The van der Waals surface area contributed by atoms with Crippen molar-refractivity contribution < 1.29 is 9.53 Å². The van der Waals surface area contributed by atoms with E-state index in [9.17, 15) is 4.79 Å². The number of alkyl carbamates (subject to hydrolysis) is 1.